The van der Waals surface area contributed by atoms with E-state index in [-0.39, 0.29) is 18.0 Å². The lowest BCUT2D eigenvalue weighted by Crippen LogP contribution is -2.24. The highest BCUT2D eigenvalue weighted by atomic mass is 32.1. The fourth-order valence-electron chi connectivity index (χ4n) is 4.81. The van der Waals surface area contributed by atoms with Gasteiger partial charge in [-0.15, -0.1) is 5.10 Å². The summed E-state index contributed by atoms with van der Waals surface area (Å²) in [5, 5.41) is 27.5. The highest BCUT2D eigenvalue weighted by Crippen LogP contribution is 2.28. The maximum absolute atomic E-state index is 13.6. The van der Waals surface area contributed by atoms with E-state index in [0.717, 1.165) is 33.2 Å². The fraction of sp³-hybridized carbons (Fsp3) is 0.0968. The smallest absolute Gasteiger partial charge is 0.335 e. The first kappa shape index (κ1) is 24.5. The van der Waals surface area contributed by atoms with E-state index in [0.29, 0.717) is 23.2 Å². The number of carboxylic acid groups (broad SMARTS) is 1. The highest BCUT2D eigenvalue weighted by molar-refractivity contribution is 7.08. The summed E-state index contributed by atoms with van der Waals surface area (Å²) in [4.78, 5) is 24.9. The van der Waals surface area contributed by atoms with Crippen LogP contribution < -0.4 is 5.32 Å². The first-order chi connectivity index (χ1) is 19.0. The maximum atomic E-state index is 13.6. The number of hydrogen-bond acceptors (Lipinski definition) is 5. The van der Waals surface area contributed by atoms with Gasteiger partial charge in [-0.05, 0) is 75.0 Å². The van der Waals surface area contributed by atoms with Crippen molar-refractivity contribution in [2.45, 2.75) is 19.9 Å². The number of aromatic carboxylic acids is 1. The molecule has 3 aromatic carbocycles. The van der Waals surface area contributed by atoms with Crippen LogP contribution >= 0.6 is 11.3 Å². The van der Waals surface area contributed by atoms with E-state index in [4.69, 9.17) is 0 Å². The average Bonchev–Trinajstić information content (AvgIpc) is 3.62. The topological polar surface area (TPSA) is 96.6 Å². The van der Waals surface area contributed by atoms with Crippen LogP contribution in [-0.2, 0) is 13.0 Å². The molecule has 0 spiro atoms. The van der Waals surface area contributed by atoms with Gasteiger partial charge in [0.05, 0.1) is 16.8 Å². The number of rotatable bonds is 7. The molecule has 6 rings (SSSR count). The molecule has 7 nitrogen and oxygen atoms in total. The van der Waals surface area contributed by atoms with Gasteiger partial charge in [0.2, 0.25) is 0 Å². The number of benzene rings is 3. The van der Waals surface area contributed by atoms with Crippen molar-refractivity contribution in [1.29, 1.82) is 0 Å². The summed E-state index contributed by atoms with van der Waals surface area (Å²) in [6, 6.07) is 23.3. The number of nitrogens with one attached hydrogen (secondary N) is 1. The van der Waals surface area contributed by atoms with Crippen LogP contribution in [0.5, 0.6) is 0 Å². The van der Waals surface area contributed by atoms with E-state index in [1.165, 1.54) is 5.39 Å². The molecule has 2 N–H and O–H groups in total. The summed E-state index contributed by atoms with van der Waals surface area (Å²) in [6.07, 6.45) is 2.43. The van der Waals surface area contributed by atoms with Crippen LogP contribution in [0.2, 0.25) is 0 Å². The minimum atomic E-state index is -0.978. The van der Waals surface area contributed by atoms with Crippen LogP contribution in [0, 0.1) is 6.92 Å². The lowest BCUT2D eigenvalue weighted by molar-refractivity contribution is 0.0696. The molecule has 8 heteroatoms. The van der Waals surface area contributed by atoms with Gasteiger partial charge in [0, 0.05) is 24.7 Å². The van der Waals surface area contributed by atoms with E-state index in [1.807, 2.05) is 48.1 Å². The molecule has 0 saturated carbocycles. The fourth-order valence-corrected chi connectivity index (χ4v) is 5.47. The third-order valence-corrected chi connectivity index (χ3v) is 7.58. The van der Waals surface area contributed by atoms with Crippen LogP contribution in [-0.4, -0.2) is 31.8 Å². The number of amides is 1. The number of aromatic nitrogens is 3. The molecule has 0 bridgehead atoms. The van der Waals surface area contributed by atoms with Crippen molar-refractivity contribution in [3.8, 4) is 11.1 Å². The van der Waals surface area contributed by atoms with E-state index in [9.17, 15) is 14.7 Å². The minimum Gasteiger partial charge on any atom is -0.478 e. The summed E-state index contributed by atoms with van der Waals surface area (Å²) in [7, 11) is 0. The molecule has 0 aliphatic rings. The summed E-state index contributed by atoms with van der Waals surface area (Å²) < 4.78 is 1.69. The average molecular weight is 533 g/mol. The Labute approximate surface area is 228 Å². The Balaban J connectivity index is 1.36. The van der Waals surface area contributed by atoms with Crippen LogP contribution in [0.3, 0.4) is 0 Å². The van der Waals surface area contributed by atoms with Crippen molar-refractivity contribution in [3.05, 3.63) is 123 Å². The standard InChI is InChI=1S/C31H24N4O3S/c1-19-12-23(31(37)38)8-9-24(19)16-32-30(36)27-15-26(25-10-11-39-18-25)17-35-29(27)28(33-34-35)14-20-6-7-21-4-2-3-5-22(21)13-20/h2-13,15,17-18H,14,16H2,1H3,(H,32,36)(H,37,38). The molecule has 0 aliphatic carbocycles. The second-order valence-corrected chi connectivity index (χ2v) is 10.3. The lowest BCUT2D eigenvalue weighted by Gasteiger charge is -2.12. The molecule has 0 radical (unpaired) electrons. The van der Waals surface area contributed by atoms with Crippen molar-refractivity contribution < 1.29 is 14.7 Å². The zero-order valence-corrected chi connectivity index (χ0v) is 21.9. The van der Waals surface area contributed by atoms with Crippen molar-refractivity contribution in [3.63, 3.8) is 0 Å². The summed E-state index contributed by atoms with van der Waals surface area (Å²) >= 11 is 1.59. The Morgan fingerprint density at radius 3 is 2.59 bits per heavy atom. The van der Waals surface area contributed by atoms with Crippen LogP contribution in [0.4, 0.5) is 0 Å². The number of fused-ring (bicyclic) bond motifs is 2. The first-order valence-electron chi connectivity index (χ1n) is 12.5. The molecule has 0 fully saturated rings. The zero-order chi connectivity index (χ0) is 26.9. The van der Waals surface area contributed by atoms with Gasteiger partial charge in [0.25, 0.3) is 5.91 Å². The predicted molar refractivity (Wildman–Crippen MR) is 152 cm³/mol. The summed E-state index contributed by atoms with van der Waals surface area (Å²) in [5.74, 6) is -1.23. The van der Waals surface area contributed by atoms with Gasteiger partial charge < -0.3 is 10.4 Å². The van der Waals surface area contributed by atoms with E-state index in [2.05, 4.69) is 46.0 Å². The molecule has 0 unspecified atom stereocenters. The molecule has 6 aromatic rings. The number of carbonyl (C=O) groups excluding carboxylic acids is 1. The van der Waals surface area contributed by atoms with Crippen molar-refractivity contribution in [2.24, 2.45) is 0 Å². The monoisotopic (exact) mass is 532 g/mol. The second-order valence-electron chi connectivity index (χ2n) is 9.47. The molecule has 1 amide bonds. The van der Waals surface area contributed by atoms with Gasteiger partial charge in [-0.3, -0.25) is 4.79 Å². The third kappa shape index (κ3) is 4.89. The highest BCUT2D eigenvalue weighted by Gasteiger charge is 2.20. The van der Waals surface area contributed by atoms with Crippen LogP contribution in [0.1, 0.15) is 43.1 Å². The molecular weight excluding hydrogens is 508 g/mol. The summed E-state index contributed by atoms with van der Waals surface area (Å²) in [5.41, 5.74) is 6.69. The molecule has 0 aliphatic heterocycles. The zero-order valence-electron chi connectivity index (χ0n) is 21.1. The van der Waals surface area contributed by atoms with E-state index < -0.39 is 5.97 Å². The van der Waals surface area contributed by atoms with Gasteiger partial charge in [-0.25, -0.2) is 9.31 Å². The molecule has 192 valence electrons. The number of carbonyl (C=O) groups is 2. The number of aryl methyl sites for hydroxylation is 1. The Hall–Kier alpha value is -4.82. The van der Waals surface area contributed by atoms with Crippen molar-refractivity contribution in [2.75, 3.05) is 0 Å². The molecule has 0 atom stereocenters. The van der Waals surface area contributed by atoms with Crippen molar-refractivity contribution >= 4 is 39.5 Å². The number of pyridine rings is 1. The Bertz CT molecular complexity index is 1860. The van der Waals surface area contributed by atoms with Gasteiger partial charge in [-0.1, -0.05) is 53.7 Å². The molecular formula is C31H24N4O3S. The first-order valence-corrected chi connectivity index (χ1v) is 13.4. The van der Waals surface area contributed by atoms with Crippen molar-refractivity contribution in [1.82, 2.24) is 20.1 Å². The molecule has 0 saturated heterocycles. The SMILES string of the molecule is Cc1cc(C(=O)O)ccc1CNC(=O)c1cc(-c2ccsc2)cn2nnc(Cc3ccc4ccccc4c3)c12. The Kier molecular flexibility index (Phi) is 6.38. The number of carboxylic acids is 1. The van der Waals surface area contributed by atoms with Crippen LogP contribution in [0.15, 0.2) is 89.8 Å². The summed E-state index contributed by atoms with van der Waals surface area (Å²) in [6.45, 7) is 2.10. The van der Waals surface area contributed by atoms with Gasteiger partial charge in [0.1, 0.15) is 5.52 Å². The molecule has 39 heavy (non-hydrogen) atoms. The Morgan fingerprint density at radius 1 is 0.974 bits per heavy atom. The second kappa shape index (κ2) is 10.2. The Morgan fingerprint density at radius 2 is 1.82 bits per heavy atom. The number of thiophene rings is 1. The number of nitrogens with zero attached hydrogens (tertiary/aromatic N) is 3. The minimum absolute atomic E-state index is 0.219. The maximum Gasteiger partial charge on any atom is 0.335 e. The van der Waals surface area contributed by atoms with Crippen LogP contribution in [0.25, 0.3) is 27.4 Å². The normalized spacial score (nSPS) is 11.2. The third-order valence-electron chi connectivity index (χ3n) is 6.89. The lowest BCUT2D eigenvalue weighted by atomic mass is 10.0. The van der Waals surface area contributed by atoms with Gasteiger partial charge >= 0.3 is 5.97 Å². The predicted octanol–water partition coefficient (Wildman–Crippen LogP) is 6.14. The van der Waals surface area contributed by atoms with E-state index in [1.54, 1.807) is 34.1 Å². The van der Waals surface area contributed by atoms with E-state index >= 15 is 0 Å². The molecule has 3 aromatic heterocycles. The quantitative estimate of drug-likeness (QED) is 0.258. The molecule has 3 heterocycles. The van der Waals surface area contributed by atoms with Gasteiger partial charge in [0.15, 0.2) is 0 Å². The van der Waals surface area contributed by atoms with Gasteiger partial charge in [-0.2, -0.15) is 11.3 Å². The largest absolute Gasteiger partial charge is 0.478 e. The number of hydrogen-bond donors (Lipinski definition) is 2.